The summed E-state index contributed by atoms with van der Waals surface area (Å²) in [7, 11) is 0. The number of carbonyl (C=O) groups excluding carboxylic acids is 2. The maximum absolute atomic E-state index is 11.8. The summed E-state index contributed by atoms with van der Waals surface area (Å²) in [6.07, 6.45) is 0. The van der Waals surface area contributed by atoms with Gasteiger partial charge in [-0.3, -0.25) is 9.59 Å². The fourth-order valence-electron chi connectivity index (χ4n) is 1.07. The second kappa shape index (κ2) is 4.58. The molecule has 0 aliphatic heterocycles. The fourth-order valence-corrected chi connectivity index (χ4v) is 1.28. The van der Waals surface area contributed by atoms with Crippen LogP contribution in [0.15, 0.2) is 12.1 Å². The molecule has 6 nitrogen and oxygen atoms in total. The summed E-state index contributed by atoms with van der Waals surface area (Å²) in [5.41, 5.74) is 9.66. The highest BCUT2D eigenvalue weighted by Crippen LogP contribution is 2.13. The van der Waals surface area contributed by atoms with Crippen LogP contribution in [0.1, 0.15) is 24.2 Å². The first kappa shape index (κ1) is 13.2. The number of amides is 2. The van der Waals surface area contributed by atoms with Gasteiger partial charge in [-0.05, 0) is 26.0 Å². The molecule has 0 aromatic carbocycles. The number of nitrogens with one attached hydrogen (secondary N) is 1. The highest BCUT2D eigenvalue weighted by Gasteiger charge is 2.27. The Bertz CT molecular complexity index is 453. The molecular weight excluding hydrogens is 244 g/mol. The van der Waals surface area contributed by atoms with Gasteiger partial charge in [0.25, 0.3) is 5.91 Å². The maximum atomic E-state index is 11.8. The highest BCUT2D eigenvalue weighted by molar-refractivity contribution is 6.29. The van der Waals surface area contributed by atoms with Crippen molar-refractivity contribution in [3.05, 3.63) is 22.8 Å². The molecule has 0 bridgehead atoms. The molecule has 0 aliphatic carbocycles. The molecular formula is C10H13ClN4O2. The molecule has 0 saturated heterocycles. The number of rotatable bonds is 3. The lowest BCUT2D eigenvalue weighted by Crippen LogP contribution is -2.53. The number of pyridine rings is 1. The molecule has 17 heavy (non-hydrogen) atoms. The van der Waals surface area contributed by atoms with Gasteiger partial charge in [-0.2, -0.15) is 0 Å². The number of aromatic nitrogens is 1. The number of carbonyl (C=O) groups is 2. The van der Waals surface area contributed by atoms with Crippen molar-refractivity contribution in [2.75, 3.05) is 5.73 Å². The summed E-state index contributed by atoms with van der Waals surface area (Å²) in [5.74, 6) is -1.01. The smallest absolute Gasteiger partial charge is 0.252 e. The Kier molecular flexibility index (Phi) is 3.57. The average Bonchev–Trinajstić information content (AvgIpc) is 2.15. The molecule has 1 heterocycles. The molecule has 0 radical (unpaired) electrons. The van der Waals surface area contributed by atoms with E-state index in [1.54, 1.807) is 0 Å². The fraction of sp³-hybridized carbons (Fsp3) is 0.300. The van der Waals surface area contributed by atoms with Crippen LogP contribution in [-0.4, -0.2) is 22.3 Å². The van der Waals surface area contributed by atoms with Crippen molar-refractivity contribution in [2.45, 2.75) is 19.4 Å². The summed E-state index contributed by atoms with van der Waals surface area (Å²) in [5, 5.41) is 2.57. The first-order chi connectivity index (χ1) is 7.72. The van der Waals surface area contributed by atoms with Crippen LogP contribution in [0.3, 0.4) is 0 Å². The van der Waals surface area contributed by atoms with Crippen LogP contribution in [0.4, 0.5) is 5.82 Å². The van der Waals surface area contributed by atoms with Gasteiger partial charge < -0.3 is 16.8 Å². The van der Waals surface area contributed by atoms with Crippen LogP contribution < -0.4 is 16.8 Å². The van der Waals surface area contributed by atoms with Crippen LogP contribution in [0, 0.1) is 0 Å². The Labute approximate surface area is 103 Å². The lowest BCUT2D eigenvalue weighted by molar-refractivity contribution is -0.122. The summed E-state index contributed by atoms with van der Waals surface area (Å²) in [6.45, 7) is 3.00. The summed E-state index contributed by atoms with van der Waals surface area (Å²) >= 11 is 5.67. The van der Waals surface area contributed by atoms with Gasteiger partial charge in [-0.1, -0.05) is 11.6 Å². The Hall–Kier alpha value is -1.82. The predicted octanol–water partition coefficient (Wildman–Crippen LogP) is 0.311. The van der Waals surface area contributed by atoms with Gasteiger partial charge >= 0.3 is 0 Å². The molecule has 92 valence electrons. The van der Waals surface area contributed by atoms with Gasteiger partial charge in [0, 0.05) is 5.56 Å². The van der Waals surface area contributed by atoms with E-state index in [0.29, 0.717) is 0 Å². The Balaban J connectivity index is 2.94. The average molecular weight is 257 g/mol. The van der Waals surface area contributed by atoms with E-state index in [1.165, 1.54) is 26.0 Å². The maximum Gasteiger partial charge on any atom is 0.252 e. The monoisotopic (exact) mass is 256 g/mol. The number of nitrogen functional groups attached to an aromatic ring is 1. The first-order valence-corrected chi connectivity index (χ1v) is 5.15. The van der Waals surface area contributed by atoms with E-state index >= 15 is 0 Å². The lowest BCUT2D eigenvalue weighted by atomic mass is 10.0. The van der Waals surface area contributed by atoms with E-state index in [2.05, 4.69) is 10.3 Å². The van der Waals surface area contributed by atoms with Crippen molar-refractivity contribution < 1.29 is 9.59 Å². The molecule has 0 saturated carbocycles. The third kappa shape index (κ3) is 3.32. The first-order valence-electron chi connectivity index (χ1n) is 4.78. The third-order valence-corrected chi connectivity index (χ3v) is 2.31. The lowest BCUT2D eigenvalue weighted by Gasteiger charge is -2.22. The van der Waals surface area contributed by atoms with E-state index in [-0.39, 0.29) is 16.5 Å². The van der Waals surface area contributed by atoms with Crippen LogP contribution in [0.25, 0.3) is 0 Å². The van der Waals surface area contributed by atoms with Crippen LogP contribution in [0.2, 0.25) is 5.15 Å². The number of halogens is 1. The number of anilines is 1. The molecule has 0 fully saturated rings. The van der Waals surface area contributed by atoms with Crippen molar-refractivity contribution in [1.82, 2.24) is 10.3 Å². The predicted molar refractivity (Wildman–Crippen MR) is 64.4 cm³/mol. The molecule has 7 heteroatoms. The Morgan fingerprint density at radius 2 is 2.00 bits per heavy atom. The zero-order valence-corrected chi connectivity index (χ0v) is 10.2. The van der Waals surface area contributed by atoms with E-state index in [1.807, 2.05) is 0 Å². The minimum absolute atomic E-state index is 0.104. The number of nitrogens with two attached hydrogens (primary N) is 2. The summed E-state index contributed by atoms with van der Waals surface area (Å²) in [4.78, 5) is 26.6. The van der Waals surface area contributed by atoms with Crippen molar-refractivity contribution in [3.63, 3.8) is 0 Å². The van der Waals surface area contributed by atoms with Crippen LogP contribution in [0.5, 0.6) is 0 Å². The van der Waals surface area contributed by atoms with Crippen LogP contribution >= 0.6 is 11.6 Å². The number of primary amides is 1. The number of hydrogen-bond acceptors (Lipinski definition) is 4. The second-order valence-electron chi connectivity index (χ2n) is 4.05. The molecule has 0 atom stereocenters. The van der Waals surface area contributed by atoms with Gasteiger partial charge in [-0.15, -0.1) is 0 Å². The van der Waals surface area contributed by atoms with E-state index in [0.717, 1.165) is 0 Å². The highest BCUT2D eigenvalue weighted by atomic mass is 35.5. The van der Waals surface area contributed by atoms with Gasteiger partial charge in [0.1, 0.15) is 16.5 Å². The normalized spacial score (nSPS) is 11.0. The minimum Gasteiger partial charge on any atom is -0.384 e. The molecule has 2 amide bonds. The third-order valence-electron chi connectivity index (χ3n) is 2.12. The standard InChI is InChI=1S/C10H13ClN4O2/c1-10(2,9(13)17)15-8(16)5-3-6(11)14-7(12)4-5/h3-4H,1-2H3,(H2,12,14)(H2,13,17)(H,15,16). The molecule has 0 unspecified atom stereocenters. The van der Waals surface area contributed by atoms with Crippen LogP contribution in [-0.2, 0) is 4.79 Å². The summed E-state index contributed by atoms with van der Waals surface area (Å²) in [6, 6.07) is 2.71. The van der Waals surface area contributed by atoms with Gasteiger partial charge in [0.15, 0.2) is 0 Å². The topological polar surface area (TPSA) is 111 Å². The molecule has 1 rings (SSSR count). The largest absolute Gasteiger partial charge is 0.384 e. The van der Waals surface area contributed by atoms with Crippen molar-refractivity contribution in [2.24, 2.45) is 5.73 Å². The summed E-state index contributed by atoms with van der Waals surface area (Å²) < 4.78 is 0. The number of hydrogen-bond donors (Lipinski definition) is 3. The molecule has 1 aromatic heterocycles. The zero-order valence-electron chi connectivity index (χ0n) is 9.45. The molecule has 0 spiro atoms. The van der Waals surface area contributed by atoms with E-state index < -0.39 is 17.4 Å². The van der Waals surface area contributed by atoms with Gasteiger partial charge in [0.2, 0.25) is 5.91 Å². The number of nitrogens with zero attached hydrogens (tertiary/aromatic N) is 1. The molecule has 5 N–H and O–H groups in total. The minimum atomic E-state index is -1.15. The SMILES string of the molecule is CC(C)(NC(=O)c1cc(N)nc(Cl)c1)C(N)=O. The Morgan fingerprint density at radius 1 is 1.41 bits per heavy atom. The van der Waals surface area contributed by atoms with Crippen molar-refractivity contribution in [3.8, 4) is 0 Å². The molecule has 0 aliphatic rings. The van der Waals surface area contributed by atoms with Gasteiger partial charge in [-0.25, -0.2) is 4.98 Å². The zero-order chi connectivity index (χ0) is 13.2. The van der Waals surface area contributed by atoms with Crippen molar-refractivity contribution in [1.29, 1.82) is 0 Å². The molecule has 1 aromatic rings. The van der Waals surface area contributed by atoms with Gasteiger partial charge in [0.05, 0.1) is 0 Å². The van der Waals surface area contributed by atoms with E-state index in [9.17, 15) is 9.59 Å². The van der Waals surface area contributed by atoms with Crippen molar-refractivity contribution >= 4 is 29.2 Å². The second-order valence-corrected chi connectivity index (χ2v) is 4.43. The van der Waals surface area contributed by atoms with E-state index in [4.69, 9.17) is 23.1 Å². The Morgan fingerprint density at radius 3 is 2.47 bits per heavy atom. The quantitative estimate of drug-likeness (QED) is 0.676.